The molecule has 0 atom stereocenters. The molecule has 0 radical (unpaired) electrons. The average Bonchev–Trinajstić information content (AvgIpc) is 2.71. The Morgan fingerprint density at radius 1 is 0.929 bits per heavy atom. The Morgan fingerprint density at radius 3 is 2.43 bits per heavy atom. The SMILES string of the molecule is COc1cc(/C=N\Nc2ccccc2)ccc1OC(=O)c1ccc(C)c(C)c1. The van der Waals surface area contributed by atoms with E-state index in [9.17, 15) is 4.79 Å². The summed E-state index contributed by atoms with van der Waals surface area (Å²) in [7, 11) is 1.53. The van der Waals surface area contributed by atoms with Gasteiger partial charge in [0.1, 0.15) is 0 Å². The van der Waals surface area contributed by atoms with E-state index in [1.807, 2.05) is 62.4 Å². The highest BCUT2D eigenvalue weighted by Gasteiger charge is 2.13. The minimum Gasteiger partial charge on any atom is -0.493 e. The summed E-state index contributed by atoms with van der Waals surface area (Å²) in [6.45, 7) is 3.96. The minimum absolute atomic E-state index is 0.360. The van der Waals surface area contributed by atoms with E-state index in [1.54, 1.807) is 24.4 Å². The zero-order valence-corrected chi connectivity index (χ0v) is 16.1. The standard InChI is InChI=1S/C23H22N2O3/c1-16-9-11-19(13-17(16)2)23(26)28-21-12-10-18(14-22(21)27-3)15-24-25-20-7-5-4-6-8-20/h4-15,25H,1-3H3/b24-15-. The van der Waals surface area contributed by atoms with Gasteiger partial charge in [-0.15, -0.1) is 0 Å². The van der Waals surface area contributed by atoms with Crippen molar-refractivity contribution in [2.45, 2.75) is 13.8 Å². The number of anilines is 1. The molecular formula is C23H22N2O3. The molecule has 0 heterocycles. The normalized spacial score (nSPS) is 10.7. The fourth-order valence-electron chi connectivity index (χ4n) is 2.57. The van der Waals surface area contributed by atoms with E-state index in [0.717, 1.165) is 22.4 Å². The lowest BCUT2D eigenvalue weighted by Crippen LogP contribution is -2.10. The Hall–Kier alpha value is -3.60. The summed E-state index contributed by atoms with van der Waals surface area (Å²) in [5.74, 6) is 0.397. The van der Waals surface area contributed by atoms with E-state index in [2.05, 4.69) is 10.5 Å². The molecular weight excluding hydrogens is 352 g/mol. The van der Waals surface area contributed by atoms with Crippen LogP contribution in [-0.4, -0.2) is 19.3 Å². The van der Waals surface area contributed by atoms with Crippen molar-refractivity contribution in [2.24, 2.45) is 5.10 Å². The van der Waals surface area contributed by atoms with Crippen LogP contribution in [0.5, 0.6) is 11.5 Å². The third-order valence-corrected chi connectivity index (χ3v) is 4.31. The third kappa shape index (κ3) is 4.76. The molecule has 0 saturated carbocycles. The van der Waals surface area contributed by atoms with E-state index >= 15 is 0 Å². The smallest absolute Gasteiger partial charge is 0.343 e. The van der Waals surface area contributed by atoms with Gasteiger partial charge in [-0.1, -0.05) is 24.3 Å². The van der Waals surface area contributed by atoms with Gasteiger partial charge in [-0.25, -0.2) is 4.79 Å². The van der Waals surface area contributed by atoms with E-state index in [-0.39, 0.29) is 0 Å². The molecule has 0 spiro atoms. The van der Waals surface area contributed by atoms with E-state index in [1.165, 1.54) is 7.11 Å². The van der Waals surface area contributed by atoms with Crippen LogP contribution in [0.15, 0.2) is 71.8 Å². The maximum Gasteiger partial charge on any atom is 0.343 e. The number of carbonyl (C=O) groups is 1. The van der Waals surface area contributed by atoms with Crippen LogP contribution < -0.4 is 14.9 Å². The first-order valence-corrected chi connectivity index (χ1v) is 8.88. The number of nitrogens with zero attached hydrogens (tertiary/aromatic N) is 1. The molecule has 0 saturated heterocycles. The molecule has 28 heavy (non-hydrogen) atoms. The Bertz CT molecular complexity index is 998. The first kappa shape index (κ1) is 19.2. The summed E-state index contributed by atoms with van der Waals surface area (Å²) in [6.07, 6.45) is 1.67. The number of esters is 1. The monoisotopic (exact) mass is 374 g/mol. The van der Waals surface area contributed by atoms with Crippen molar-refractivity contribution < 1.29 is 14.3 Å². The molecule has 0 aliphatic carbocycles. The number of hydrogen-bond acceptors (Lipinski definition) is 5. The molecule has 3 aromatic carbocycles. The first-order valence-electron chi connectivity index (χ1n) is 8.88. The van der Waals surface area contributed by atoms with Crippen LogP contribution in [0.2, 0.25) is 0 Å². The summed E-state index contributed by atoms with van der Waals surface area (Å²) < 4.78 is 10.9. The topological polar surface area (TPSA) is 59.9 Å². The van der Waals surface area contributed by atoms with E-state index < -0.39 is 5.97 Å². The molecule has 0 aliphatic heterocycles. The van der Waals surface area contributed by atoms with Crippen LogP contribution in [0, 0.1) is 13.8 Å². The lowest BCUT2D eigenvalue weighted by molar-refractivity contribution is 0.0729. The van der Waals surface area contributed by atoms with Crippen LogP contribution in [-0.2, 0) is 0 Å². The van der Waals surface area contributed by atoms with Crippen molar-refractivity contribution >= 4 is 17.9 Å². The van der Waals surface area contributed by atoms with Crippen LogP contribution >= 0.6 is 0 Å². The quantitative estimate of drug-likeness (QED) is 0.286. The van der Waals surface area contributed by atoms with Crippen molar-refractivity contribution in [3.8, 4) is 11.5 Å². The third-order valence-electron chi connectivity index (χ3n) is 4.31. The number of rotatable bonds is 6. The second-order valence-electron chi connectivity index (χ2n) is 6.33. The van der Waals surface area contributed by atoms with Crippen molar-refractivity contribution in [3.05, 3.63) is 89.0 Å². The van der Waals surface area contributed by atoms with Gasteiger partial charge in [-0.3, -0.25) is 5.43 Å². The van der Waals surface area contributed by atoms with Gasteiger partial charge in [0.25, 0.3) is 0 Å². The maximum atomic E-state index is 12.4. The number of methoxy groups -OCH3 is 1. The van der Waals surface area contributed by atoms with Gasteiger partial charge >= 0.3 is 5.97 Å². The predicted octanol–water partition coefficient (Wildman–Crippen LogP) is 4.98. The molecule has 0 unspecified atom stereocenters. The molecule has 5 heteroatoms. The summed E-state index contributed by atoms with van der Waals surface area (Å²) in [6, 6.07) is 20.4. The van der Waals surface area contributed by atoms with E-state index in [4.69, 9.17) is 9.47 Å². The predicted molar refractivity (Wildman–Crippen MR) is 112 cm³/mol. The molecule has 0 aromatic heterocycles. The largest absolute Gasteiger partial charge is 0.493 e. The van der Waals surface area contributed by atoms with Gasteiger partial charge in [0.2, 0.25) is 0 Å². The molecule has 3 aromatic rings. The molecule has 142 valence electrons. The number of hydrogen-bond donors (Lipinski definition) is 1. The molecule has 5 nitrogen and oxygen atoms in total. The Kier molecular flexibility index (Phi) is 6.07. The fourth-order valence-corrected chi connectivity index (χ4v) is 2.57. The Balaban J connectivity index is 1.72. The summed E-state index contributed by atoms with van der Waals surface area (Å²) >= 11 is 0. The van der Waals surface area contributed by atoms with Crippen LogP contribution in [0.3, 0.4) is 0 Å². The Labute approximate surface area is 164 Å². The molecule has 0 fully saturated rings. The van der Waals surface area contributed by atoms with Crippen molar-refractivity contribution in [3.63, 3.8) is 0 Å². The van der Waals surface area contributed by atoms with Crippen LogP contribution in [0.1, 0.15) is 27.0 Å². The summed E-state index contributed by atoms with van der Waals surface area (Å²) in [5.41, 5.74) is 7.33. The number of ether oxygens (including phenoxy) is 2. The number of nitrogens with one attached hydrogen (secondary N) is 1. The molecule has 0 aliphatic rings. The van der Waals surface area contributed by atoms with Gasteiger partial charge in [-0.05, 0) is 73.0 Å². The van der Waals surface area contributed by atoms with Gasteiger partial charge in [-0.2, -0.15) is 5.10 Å². The highest BCUT2D eigenvalue weighted by molar-refractivity contribution is 5.92. The average molecular weight is 374 g/mol. The van der Waals surface area contributed by atoms with Crippen LogP contribution in [0.25, 0.3) is 0 Å². The van der Waals surface area contributed by atoms with Gasteiger partial charge < -0.3 is 9.47 Å². The second-order valence-corrected chi connectivity index (χ2v) is 6.33. The molecule has 1 N–H and O–H groups in total. The molecule has 0 amide bonds. The lowest BCUT2D eigenvalue weighted by atomic mass is 10.1. The number of aryl methyl sites for hydroxylation is 2. The highest BCUT2D eigenvalue weighted by Crippen LogP contribution is 2.28. The summed E-state index contributed by atoms with van der Waals surface area (Å²) in [5, 5.41) is 4.21. The highest BCUT2D eigenvalue weighted by atomic mass is 16.6. The van der Waals surface area contributed by atoms with Crippen molar-refractivity contribution in [2.75, 3.05) is 12.5 Å². The van der Waals surface area contributed by atoms with Crippen molar-refractivity contribution in [1.82, 2.24) is 0 Å². The number of benzene rings is 3. The number of hydrazone groups is 1. The lowest BCUT2D eigenvalue weighted by Gasteiger charge is -2.10. The first-order chi connectivity index (χ1) is 13.6. The maximum absolute atomic E-state index is 12.4. The van der Waals surface area contributed by atoms with Gasteiger partial charge in [0, 0.05) is 0 Å². The van der Waals surface area contributed by atoms with E-state index in [0.29, 0.717) is 17.1 Å². The molecule has 3 rings (SSSR count). The zero-order valence-electron chi connectivity index (χ0n) is 16.1. The minimum atomic E-state index is -0.423. The zero-order chi connectivity index (χ0) is 19.9. The van der Waals surface area contributed by atoms with Crippen molar-refractivity contribution in [1.29, 1.82) is 0 Å². The number of carbonyl (C=O) groups excluding carboxylic acids is 1. The number of para-hydroxylation sites is 1. The van der Waals surface area contributed by atoms with Gasteiger partial charge in [0.05, 0.1) is 24.6 Å². The molecule has 0 bridgehead atoms. The fraction of sp³-hybridized carbons (Fsp3) is 0.130. The van der Waals surface area contributed by atoms with Gasteiger partial charge in [0.15, 0.2) is 11.5 Å². The van der Waals surface area contributed by atoms with Crippen LogP contribution in [0.4, 0.5) is 5.69 Å². The summed E-state index contributed by atoms with van der Waals surface area (Å²) in [4.78, 5) is 12.4. The second kappa shape index (κ2) is 8.86. The Morgan fingerprint density at radius 2 is 1.71 bits per heavy atom.